The number of carboxylic acids is 1. The summed E-state index contributed by atoms with van der Waals surface area (Å²) >= 11 is 1.41. The second kappa shape index (κ2) is 5.58. The molecule has 106 valence electrons. The molecular formula is C15H17NO3S. The van der Waals surface area contributed by atoms with Crippen LogP contribution in [0.2, 0.25) is 0 Å². The van der Waals surface area contributed by atoms with Gasteiger partial charge in [0, 0.05) is 12.3 Å². The first-order chi connectivity index (χ1) is 9.65. The summed E-state index contributed by atoms with van der Waals surface area (Å²) in [6.45, 7) is 0. The molecule has 1 fully saturated rings. The second-order valence-corrected chi connectivity index (χ2v) is 6.59. The highest BCUT2D eigenvalue weighted by Crippen LogP contribution is 2.31. The molecule has 1 aliphatic heterocycles. The number of Topliss-reactive ketones (excluding diaryl/α,β-unsaturated/α-hetero) is 1. The van der Waals surface area contributed by atoms with Crippen LogP contribution in [0.4, 0.5) is 0 Å². The van der Waals surface area contributed by atoms with E-state index in [9.17, 15) is 9.59 Å². The maximum absolute atomic E-state index is 12.3. The standard InChI is InChI=1S/C15H17NO3S/c17-12(14-13(15(18)19)16-8-20-14)7-9-5-10-3-1-2-4-11(10)6-9/h1-4,9,13-14,16H,5-8H2,(H,18,19)/t13-,14?/m0/s1. The third kappa shape index (κ3) is 2.60. The number of rotatable bonds is 4. The van der Waals surface area contributed by atoms with Gasteiger partial charge in [-0.2, -0.15) is 0 Å². The average molecular weight is 291 g/mol. The van der Waals surface area contributed by atoms with E-state index in [0.717, 1.165) is 12.8 Å². The van der Waals surface area contributed by atoms with Gasteiger partial charge in [-0.25, -0.2) is 0 Å². The minimum atomic E-state index is -0.928. The topological polar surface area (TPSA) is 66.4 Å². The monoisotopic (exact) mass is 291 g/mol. The van der Waals surface area contributed by atoms with Gasteiger partial charge in [-0.1, -0.05) is 24.3 Å². The number of hydrogen-bond donors (Lipinski definition) is 2. The molecule has 2 N–H and O–H groups in total. The Bertz CT molecular complexity index is 521. The quantitative estimate of drug-likeness (QED) is 0.879. The van der Waals surface area contributed by atoms with Gasteiger partial charge in [0.25, 0.3) is 0 Å². The molecular weight excluding hydrogens is 274 g/mol. The predicted molar refractivity (Wildman–Crippen MR) is 77.8 cm³/mol. The minimum absolute atomic E-state index is 0.0743. The third-order valence-electron chi connectivity index (χ3n) is 4.08. The zero-order valence-electron chi connectivity index (χ0n) is 11.0. The Labute approximate surface area is 121 Å². The molecule has 1 aliphatic carbocycles. The van der Waals surface area contributed by atoms with Crippen LogP contribution in [-0.4, -0.2) is 34.0 Å². The fourth-order valence-electron chi connectivity index (χ4n) is 3.12. The maximum Gasteiger partial charge on any atom is 0.322 e. The zero-order valence-corrected chi connectivity index (χ0v) is 11.9. The molecule has 1 saturated heterocycles. The average Bonchev–Trinajstić information content (AvgIpc) is 3.04. The molecule has 1 aromatic carbocycles. The second-order valence-electron chi connectivity index (χ2n) is 5.47. The van der Waals surface area contributed by atoms with Crippen molar-refractivity contribution in [3.05, 3.63) is 35.4 Å². The SMILES string of the molecule is O=C(CC1Cc2ccccc2C1)C1SCN[C@@H]1C(=O)O. The van der Waals surface area contributed by atoms with E-state index >= 15 is 0 Å². The molecule has 1 unspecified atom stereocenters. The molecule has 20 heavy (non-hydrogen) atoms. The van der Waals surface area contributed by atoms with Gasteiger partial charge in [0.05, 0.1) is 5.25 Å². The lowest BCUT2D eigenvalue weighted by Gasteiger charge is -2.15. The molecule has 0 aromatic heterocycles. The number of carboxylic acid groups (broad SMARTS) is 1. The fraction of sp³-hybridized carbons (Fsp3) is 0.467. The van der Waals surface area contributed by atoms with Gasteiger partial charge < -0.3 is 5.11 Å². The number of thioether (sulfide) groups is 1. The highest BCUT2D eigenvalue weighted by Gasteiger charge is 2.39. The maximum atomic E-state index is 12.3. The first-order valence-electron chi connectivity index (χ1n) is 6.82. The van der Waals surface area contributed by atoms with Gasteiger partial charge in [0.15, 0.2) is 0 Å². The fourth-order valence-corrected chi connectivity index (χ4v) is 4.26. The summed E-state index contributed by atoms with van der Waals surface area (Å²) in [5.41, 5.74) is 2.66. The summed E-state index contributed by atoms with van der Waals surface area (Å²) in [7, 11) is 0. The van der Waals surface area contributed by atoms with E-state index in [0.29, 0.717) is 18.2 Å². The van der Waals surface area contributed by atoms with Crippen LogP contribution in [-0.2, 0) is 22.4 Å². The van der Waals surface area contributed by atoms with Crippen molar-refractivity contribution in [3.8, 4) is 0 Å². The van der Waals surface area contributed by atoms with E-state index in [1.165, 1.54) is 22.9 Å². The number of nitrogens with one attached hydrogen (secondary N) is 1. The van der Waals surface area contributed by atoms with Crippen LogP contribution in [0.25, 0.3) is 0 Å². The Kier molecular flexibility index (Phi) is 3.81. The van der Waals surface area contributed by atoms with Gasteiger partial charge >= 0.3 is 5.97 Å². The number of hydrogen-bond acceptors (Lipinski definition) is 4. The molecule has 0 radical (unpaired) electrons. The largest absolute Gasteiger partial charge is 0.480 e. The minimum Gasteiger partial charge on any atom is -0.480 e. The number of ketones is 1. The summed E-state index contributed by atoms with van der Waals surface area (Å²) in [5, 5.41) is 11.5. The summed E-state index contributed by atoms with van der Waals surface area (Å²) < 4.78 is 0. The number of carbonyl (C=O) groups excluding carboxylic acids is 1. The molecule has 0 amide bonds. The van der Waals surface area contributed by atoms with Crippen LogP contribution in [0, 0.1) is 5.92 Å². The molecule has 0 bridgehead atoms. The third-order valence-corrected chi connectivity index (χ3v) is 5.31. The van der Waals surface area contributed by atoms with E-state index in [1.807, 2.05) is 12.1 Å². The Hall–Kier alpha value is -1.33. The summed E-state index contributed by atoms with van der Waals surface area (Å²) in [4.78, 5) is 23.4. The van der Waals surface area contributed by atoms with Crippen LogP contribution in [0.5, 0.6) is 0 Å². The molecule has 0 spiro atoms. The zero-order chi connectivity index (χ0) is 14.1. The van der Waals surface area contributed by atoms with Gasteiger partial charge in [-0.15, -0.1) is 11.8 Å². The van der Waals surface area contributed by atoms with Crippen molar-refractivity contribution < 1.29 is 14.7 Å². The molecule has 3 rings (SSSR count). The normalized spacial score (nSPS) is 25.6. The van der Waals surface area contributed by atoms with Crippen LogP contribution in [0.1, 0.15) is 17.5 Å². The summed E-state index contributed by atoms with van der Waals surface area (Å²) in [6.07, 6.45) is 2.35. The first-order valence-corrected chi connectivity index (χ1v) is 7.87. The van der Waals surface area contributed by atoms with Crippen LogP contribution in [0.3, 0.4) is 0 Å². The number of carbonyl (C=O) groups is 2. The molecule has 2 atom stereocenters. The lowest BCUT2D eigenvalue weighted by molar-refractivity contribution is -0.140. The van der Waals surface area contributed by atoms with Gasteiger partial charge in [0.2, 0.25) is 0 Å². The molecule has 5 heteroatoms. The van der Waals surface area contributed by atoms with Crippen molar-refractivity contribution in [1.82, 2.24) is 5.32 Å². The first kappa shape index (κ1) is 13.6. The van der Waals surface area contributed by atoms with Crippen molar-refractivity contribution in [2.45, 2.75) is 30.6 Å². The smallest absolute Gasteiger partial charge is 0.322 e. The van der Waals surface area contributed by atoms with E-state index in [1.54, 1.807) is 0 Å². The van der Waals surface area contributed by atoms with Gasteiger partial charge in [0.1, 0.15) is 11.8 Å². The Morgan fingerprint density at radius 2 is 1.90 bits per heavy atom. The molecule has 2 aliphatic rings. The van der Waals surface area contributed by atoms with E-state index in [-0.39, 0.29) is 5.78 Å². The summed E-state index contributed by atoms with van der Waals surface area (Å²) in [6, 6.07) is 7.56. The highest BCUT2D eigenvalue weighted by molar-refractivity contribution is 8.00. The van der Waals surface area contributed by atoms with Crippen molar-refractivity contribution in [3.63, 3.8) is 0 Å². The van der Waals surface area contributed by atoms with Gasteiger partial charge in [-0.3, -0.25) is 14.9 Å². The van der Waals surface area contributed by atoms with Crippen LogP contribution < -0.4 is 5.32 Å². The van der Waals surface area contributed by atoms with Crippen molar-refractivity contribution in [2.75, 3.05) is 5.88 Å². The lowest BCUT2D eigenvalue weighted by Crippen LogP contribution is -2.42. The highest BCUT2D eigenvalue weighted by atomic mass is 32.2. The lowest BCUT2D eigenvalue weighted by atomic mass is 9.96. The molecule has 0 saturated carbocycles. The van der Waals surface area contributed by atoms with Crippen molar-refractivity contribution in [1.29, 1.82) is 0 Å². The van der Waals surface area contributed by atoms with E-state index in [2.05, 4.69) is 17.4 Å². The molecule has 1 heterocycles. The number of aliphatic carboxylic acids is 1. The van der Waals surface area contributed by atoms with Crippen molar-refractivity contribution in [2.24, 2.45) is 5.92 Å². The van der Waals surface area contributed by atoms with E-state index < -0.39 is 17.3 Å². The Morgan fingerprint density at radius 3 is 2.50 bits per heavy atom. The summed E-state index contributed by atoms with van der Waals surface area (Å²) in [5.74, 6) is 0.0157. The predicted octanol–water partition coefficient (Wildman–Crippen LogP) is 1.48. The number of benzene rings is 1. The Morgan fingerprint density at radius 1 is 1.25 bits per heavy atom. The van der Waals surface area contributed by atoms with Crippen molar-refractivity contribution >= 4 is 23.5 Å². The molecule has 1 aromatic rings. The van der Waals surface area contributed by atoms with Crippen LogP contribution >= 0.6 is 11.8 Å². The van der Waals surface area contributed by atoms with Crippen LogP contribution in [0.15, 0.2) is 24.3 Å². The van der Waals surface area contributed by atoms with Gasteiger partial charge in [-0.05, 0) is 29.9 Å². The molecule has 4 nitrogen and oxygen atoms in total. The van der Waals surface area contributed by atoms with E-state index in [4.69, 9.17) is 5.11 Å². The Balaban J connectivity index is 1.62. The number of fused-ring (bicyclic) bond motifs is 1.